The molecule has 1 unspecified atom stereocenters. The van der Waals surface area contributed by atoms with Gasteiger partial charge in [0.05, 0.1) is 22.9 Å². The number of carbonyl (C=O) groups is 10. The van der Waals surface area contributed by atoms with Crippen molar-refractivity contribution in [3.05, 3.63) is 106 Å². The van der Waals surface area contributed by atoms with Crippen LogP contribution in [0.25, 0.3) is 0 Å². The van der Waals surface area contributed by atoms with Gasteiger partial charge in [-0.3, -0.25) is 43.3 Å². The number of alkyl carbamates (subject to hydrolysis) is 1. The molecule has 2 aliphatic carbocycles. The lowest BCUT2D eigenvalue weighted by molar-refractivity contribution is -0.137. The van der Waals surface area contributed by atoms with Gasteiger partial charge in [0.25, 0.3) is 11.8 Å². The number of amides is 9. The number of nitrogens with two attached hydrogens (primary N) is 1. The maximum absolute atomic E-state index is 14.3. The van der Waals surface area contributed by atoms with Crippen molar-refractivity contribution >= 4 is 76.2 Å². The molecule has 3 aromatic rings. The van der Waals surface area contributed by atoms with E-state index >= 15 is 0 Å². The molecule has 12 N–H and O–H groups in total. The molecule has 0 radical (unpaired) electrons. The lowest BCUT2D eigenvalue weighted by atomic mass is 9.69. The summed E-state index contributed by atoms with van der Waals surface area (Å²) >= 11 is 0. The zero-order valence-electron chi connectivity index (χ0n) is 42.8. The molecule has 0 saturated carbocycles. The standard InChI is InChI=1S/C55H55N9O15/c1-28(2)46(63-40(68)13-9-23-64-42(70)20-21-43(64)71)51(75)61-36(10-8-22-57-52(56)76)50(74)60-31-16-14-30(15-17-31)27-78-53(77)58-26-41(69)59-32-18-19-33-34(24-32)49(73)44-37(66)25-35-47(45(44)48(33)72)62-38-11-6-4-5-7-12-39(67)55(35)54(38,79-55)29(3)65/h4-5,14-21,24-25,28-29,36,38-39,46,62,65-67H,8-10,13,22-23,26-27H2,1-3H3,(H,58,77)(H,59,69)(H,60,74)(H,61,75)(H,63,68)(H3,56,57,76)/b5-4-/t29-,36+,38?,39-,46+,54+,55+/m1/s1. The number of urea groups is 1. The predicted molar refractivity (Wildman–Crippen MR) is 279 cm³/mol. The Kier molecular flexibility index (Phi) is 16.3. The number of aliphatic hydroxyl groups excluding tert-OH is 2. The van der Waals surface area contributed by atoms with Gasteiger partial charge in [-0.05, 0) is 86.2 Å². The minimum Gasteiger partial charge on any atom is -0.507 e. The summed E-state index contributed by atoms with van der Waals surface area (Å²) in [5, 5.41) is 52.3. The van der Waals surface area contributed by atoms with Crippen LogP contribution in [0.1, 0.15) is 89.4 Å². The predicted octanol–water partition coefficient (Wildman–Crippen LogP) is 0.827. The molecule has 9 amide bonds. The van der Waals surface area contributed by atoms with Gasteiger partial charge in [-0.15, -0.1) is 0 Å². The third-order valence-corrected chi connectivity index (χ3v) is 13.8. The van der Waals surface area contributed by atoms with Crippen LogP contribution in [0.3, 0.4) is 0 Å². The summed E-state index contributed by atoms with van der Waals surface area (Å²) in [7, 11) is 0. The number of hydrogen-bond acceptors (Lipinski definition) is 16. The molecule has 3 aliphatic heterocycles. The van der Waals surface area contributed by atoms with E-state index in [1.165, 1.54) is 55.5 Å². The summed E-state index contributed by atoms with van der Waals surface area (Å²) in [6.45, 7) is 4.13. The first-order chi connectivity index (χ1) is 37.7. The van der Waals surface area contributed by atoms with Crippen molar-refractivity contribution < 1.29 is 72.7 Å². The Bertz CT molecular complexity index is 3260. The van der Waals surface area contributed by atoms with Gasteiger partial charge < -0.3 is 67.7 Å². The minimum atomic E-state index is -1.74. The van der Waals surface area contributed by atoms with Crippen LogP contribution in [0.4, 0.5) is 26.7 Å². The summed E-state index contributed by atoms with van der Waals surface area (Å²) in [5.41, 5.74) is 2.16. The second-order valence-corrected chi connectivity index (χ2v) is 19.4. The van der Waals surface area contributed by atoms with Crippen molar-refractivity contribution in [3.63, 3.8) is 0 Å². The first-order valence-electron chi connectivity index (χ1n) is 25.1. The number of epoxide rings is 1. The number of ketones is 2. The number of hydrogen-bond donors (Lipinski definition) is 11. The average molecular weight is 1080 g/mol. The number of primary amides is 1. The molecule has 5 aliphatic rings. The molecule has 3 aromatic carbocycles. The molecule has 8 rings (SSSR count). The van der Waals surface area contributed by atoms with Crippen LogP contribution < -0.4 is 43.0 Å². The van der Waals surface area contributed by atoms with Crippen LogP contribution in [0, 0.1) is 29.6 Å². The molecule has 1 fully saturated rings. The number of aliphatic hydroxyl groups is 2. The van der Waals surface area contributed by atoms with Gasteiger partial charge in [-0.1, -0.05) is 49.7 Å². The summed E-state index contributed by atoms with van der Waals surface area (Å²) < 4.78 is 11.5. The number of phenols is 1. The van der Waals surface area contributed by atoms with Gasteiger partial charge in [0.1, 0.15) is 37.0 Å². The monoisotopic (exact) mass is 1080 g/mol. The number of ether oxygens (including phenoxy) is 2. The number of imide groups is 1. The Morgan fingerprint density at radius 3 is 2.19 bits per heavy atom. The van der Waals surface area contributed by atoms with Gasteiger partial charge in [0, 0.05) is 59.7 Å². The van der Waals surface area contributed by atoms with Crippen LogP contribution in [-0.4, -0.2) is 135 Å². The molecule has 0 aromatic heterocycles. The van der Waals surface area contributed by atoms with Gasteiger partial charge in [0.2, 0.25) is 23.6 Å². The Morgan fingerprint density at radius 2 is 1.51 bits per heavy atom. The number of carbonyl (C=O) groups excluding carboxylic acids is 10. The van der Waals surface area contributed by atoms with Crippen molar-refractivity contribution in [1.29, 1.82) is 0 Å². The maximum Gasteiger partial charge on any atom is 0.407 e. The van der Waals surface area contributed by atoms with Crippen molar-refractivity contribution in [2.75, 3.05) is 35.6 Å². The number of nitrogens with one attached hydrogen (secondary N) is 7. The molecule has 410 valence electrons. The van der Waals surface area contributed by atoms with Gasteiger partial charge in [-0.25, -0.2) is 9.59 Å². The number of allylic oxidation sites excluding steroid dienone is 2. The smallest absolute Gasteiger partial charge is 0.407 e. The molecule has 24 nitrogen and oxygen atoms in total. The van der Waals surface area contributed by atoms with Crippen molar-refractivity contribution in [2.45, 2.75) is 94.6 Å². The van der Waals surface area contributed by atoms with E-state index in [1.54, 1.807) is 26.0 Å². The third kappa shape index (κ3) is 11.4. The Labute approximate surface area is 451 Å². The SMILES string of the molecule is CC(C)[C@H](NC(=O)CCCN1C(=O)C=CC1=O)C(=O)N[C@@H](CCCNC(N)=O)C(=O)Nc1ccc(COC(=O)NCC(=O)Nc2ccc3c(c2)C(=O)c2c(O)cc4c(c2C3=O)NC2C#C/C=C\C#C[C@@H](O)[C@@]43O[C@@]23[C@@H](C)O)cc1. The van der Waals surface area contributed by atoms with Gasteiger partial charge in [0.15, 0.2) is 28.9 Å². The van der Waals surface area contributed by atoms with Crippen molar-refractivity contribution in [3.8, 4) is 29.4 Å². The van der Waals surface area contributed by atoms with Crippen molar-refractivity contribution in [1.82, 2.24) is 26.2 Å². The van der Waals surface area contributed by atoms with E-state index in [0.717, 1.165) is 17.1 Å². The van der Waals surface area contributed by atoms with E-state index < -0.39 is 119 Å². The number of anilines is 3. The summed E-state index contributed by atoms with van der Waals surface area (Å²) in [6, 6.07) is 7.28. The molecule has 1 saturated heterocycles. The second kappa shape index (κ2) is 23.1. The Balaban J connectivity index is 0.835. The third-order valence-electron chi connectivity index (χ3n) is 13.8. The van der Waals surface area contributed by atoms with E-state index in [9.17, 15) is 63.3 Å². The highest BCUT2D eigenvalue weighted by atomic mass is 16.7. The fraction of sp³-hybridized carbons (Fsp3) is 0.345. The number of aromatic hydroxyl groups is 1. The van der Waals surface area contributed by atoms with Crippen LogP contribution >= 0.6 is 0 Å². The Morgan fingerprint density at radius 1 is 0.823 bits per heavy atom. The van der Waals surface area contributed by atoms with Crippen LogP contribution in [-0.2, 0) is 50.4 Å². The maximum atomic E-state index is 14.3. The first kappa shape index (κ1) is 55.9. The molecular weight excluding hydrogens is 1030 g/mol. The number of phenolic OH excluding ortho intramolecular Hbond substituents is 1. The Hall–Kier alpha value is -9.36. The fourth-order valence-electron chi connectivity index (χ4n) is 9.87. The molecular formula is C55H55N9O15. The zero-order valence-corrected chi connectivity index (χ0v) is 42.8. The number of fused-ring (bicyclic) bond motifs is 4. The normalized spacial score (nSPS) is 21.3. The van der Waals surface area contributed by atoms with E-state index in [2.05, 4.69) is 60.9 Å². The molecule has 2 bridgehead atoms. The van der Waals surface area contributed by atoms with Gasteiger partial charge >= 0.3 is 12.1 Å². The van der Waals surface area contributed by atoms with E-state index in [4.69, 9.17) is 15.2 Å². The van der Waals surface area contributed by atoms with Crippen LogP contribution in [0.5, 0.6) is 5.75 Å². The summed E-state index contributed by atoms with van der Waals surface area (Å²) in [6.07, 6.45) is 1.77. The lowest BCUT2D eigenvalue weighted by Gasteiger charge is -2.37. The number of rotatable bonds is 20. The summed E-state index contributed by atoms with van der Waals surface area (Å²) in [4.78, 5) is 130. The van der Waals surface area contributed by atoms with Crippen LogP contribution in [0.15, 0.2) is 72.8 Å². The van der Waals surface area contributed by atoms with E-state index in [0.29, 0.717) is 11.3 Å². The van der Waals surface area contributed by atoms with Crippen LogP contribution in [0.2, 0.25) is 0 Å². The number of nitrogens with zero attached hydrogens (tertiary/aromatic N) is 1. The van der Waals surface area contributed by atoms with Crippen molar-refractivity contribution in [2.24, 2.45) is 11.7 Å². The summed E-state index contributed by atoms with van der Waals surface area (Å²) in [5.74, 6) is 5.20. The first-order valence-corrected chi connectivity index (χ1v) is 25.1. The fourth-order valence-corrected chi connectivity index (χ4v) is 9.87. The lowest BCUT2D eigenvalue weighted by Crippen LogP contribution is -2.54. The highest BCUT2D eigenvalue weighted by Gasteiger charge is 2.82. The second-order valence-electron chi connectivity index (χ2n) is 19.4. The average Bonchev–Trinajstić information content (AvgIpc) is 1.93. The molecule has 7 atom stereocenters. The minimum absolute atomic E-state index is 0.0167. The topological polar surface area (TPSA) is 367 Å². The molecule has 79 heavy (non-hydrogen) atoms. The quantitative estimate of drug-likeness (QED) is 0.0192. The molecule has 24 heteroatoms. The molecule has 0 spiro atoms. The molecule has 3 heterocycles. The zero-order chi connectivity index (χ0) is 56.9. The van der Waals surface area contributed by atoms with Gasteiger partial charge in [-0.2, -0.15) is 0 Å². The highest BCUT2D eigenvalue weighted by Crippen LogP contribution is 2.67. The number of benzene rings is 3. The largest absolute Gasteiger partial charge is 0.507 e. The van der Waals surface area contributed by atoms with E-state index in [-0.39, 0.29) is 84.6 Å². The highest BCUT2D eigenvalue weighted by molar-refractivity contribution is 6.31. The van der Waals surface area contributed by atoms with E-state index in [1.807, 2.05) is 0 Å².